The predicted molar refractivity (Wildman–Crippen MR) is 359 cm³/mol. The average molecular weight is 1240 g/mol. The maximum absolute atomic E-state index is 12.1. The Kier molecular flexibility index (Phi) is 24.4. The molecule has 89 heavy (non-hydrogen) atoms. The predicted octanol–water partition coefficient (Wildman–Crippen LogP) is 14.0. The van der Waals surface area contributed by atoms with Crippen molar-refractivity contribution in [3.63, 3.8) is 0 Å². The summed E-state index contributed by atoms with van der Waals surface area (Å²) in [6, 6.07) is 15.7. The Morgan fingerprint density at radius 2 is 0.640 bits per heavy atom. The summed E-state index contributed by atoms with van der Waals surface area (Å²) in [5.74, 6) is -3.77. The number of aryl methyl sites for hydroxylation is 4. The summed E-state index contributed by atoms with van der Waals surface area (Å²) < 4.78 is 7.29. The second kappa shape index (κ2) is 29.9. The number of ether oxygens (including phenoxy) is 1. The first kappa shape index (κ1) is 72.6. The number of rotatable bonds is 18. The van der Waals surface area contributed by atoms with E-state index in [2.05, 4.69) is 59.1 Å². The van der Waals surface area contributed by atoms with Gasteiger partial charge < -0.3 is 45.1 Å². The molecule has 6 aromatic heterocycles. The molecule has 0 amide bonds. The van der Waals surface area contributed by atoms with Crippen LogP contribution in [0.2, 0.25) is 0 Å². The van der Waals surface area contributed by atoms with Gasteiger partial charge in [0.15, 0.2) is 0 Å². The quantitative estimate of drug-likeness (QED) is 0.0372. The zero-order valence-electron chi connectivity index (χ0n) is 53.6. The van der Waals surface area contributed by atoms with Gasteiger partial charge in [-0.05, 0) is 210 Å². The van der Waals surface area contributed by atoms with Gasteiger partial charge in [0.2, 0.25) is 0 Å². The fourth-order valence-electron chi connectivity index (χ4n) is 12.5. The minimum Gasteiger partial charge on any atom is -0.481 e. The summed E-state index contributed by atoms with van der Waals surface area (Å²) in [6.07, 6.45) is 2.92. The maximum Gasteiger partial charge on any atom is 0.303 e. The Morgan fingerprint density at radius 1 is 0.393 bits per heavy atom. The average Bonchev–Trinajstić information content (AvgIpc) is 1.67. The number of aromatic nitrogens is 8. The van der Waals surface area contributed by atoms with Gasteiger partial charge in [0.05, 0.1) is 57.8 Å². The van der Waals surface area contributed by atoms with Gasteiger partial charge in [-0.3, -0.25) is 19.2 Å². The first-order valence-corrected chi connectivity index (χ1v) is 28.5. The van der Waals surface area contributed by atoms with Gasteiger partial charge >= 0.3 is 23.9 Å². The number of carbonyl (C=O) groups is 4. The Morgan fingerprint density at radius 3 is 0.899 bits per heavy atom. The fourth-order valence-corrected chi connectivity index (χ4v) is 12.5. The standard InChI is InChI=1S/C68H70N8O9.4Na/c1-13-41-31(3)47-23-49-33(5)43(15-19-63(77)78)57(71-49)29-59-45(17-21-65(81)82)35(7)51(73-59)27-61-67(37(9)53(75-61)25-55(41)69-47)39(11)85-40(12)68-38(10)54-26-56-42(14-2)32(4)48(70-56)24-50-34(6)44(16-20-64(79)80)58(72-50)30-60-46(18-22-66(83)84)36(8)52(74-60)28-62(68)76-54;;;;/h13-14,23-30,39-40,69-70,75-76H,1-2,15-22H2,3-12H3,(H,77,78)(H,79,80)(H,81,82)(H,83,84);;;;. The molecule has 10 heterocycles. The number of hydrogen-bond acceptors (Lipinski definition) is 9. The van der Waals surface area contributed by atoms with Crippen LogP contribution in [0.3, 0.4) is 0 Å². The molecule has 440 valence electrons. The zero-order chi connectivity index (χ0) is 61.0. The van der Waals surface area contributed by atoms with E-state index < -0.39 is 36.1 Å². The number of aliphatic carboxylic acids is 4. The molecule has 16 bridgehead atoms. The summed E-state index contributed by atoms with van der Waals surface area (Å²) in [6.45, 7) is 28.3. The number of aromatic amines is 4. The van der Waals surface area contributed by atoms with Crippen molar-refractivity contribution in [2.45, 2.75) is 133 Å². The van der Waals surface area contributed by atoms with Crippen LogP contribution in [0.1, 0.15) is 195 Å². The summed E-state index contributed by atoms with van der Waals surface area (Å²) in [5, 5.41) is 39.5. The third kappa shape index (κ3) is 14.7. The van der Waals surface area contributed by atoms with E-state index in [0.717, 1.165) is 133 Å². The molecule has 6 aromatic rings. The molecule has 2 unspecified atom stereocenters. The fraction of sp³-hybridized carbons (Fsp3) is 0.294. The van der Waals surface area contributed by atoms with Gasteiger partial charge in [0.1, 0.15) is 0 Å². The van der Waals surface area contributed by atoms with Crippen LogP contribution in [0.5, 0.6) is 0 Å². The van der Waals surface area contributed by atoms with E-state index in [1.807, 2.05) is 104 Å². The van der Waals surface area contributed by atoms with Crippen molar-refractivity contribution in [1.29, 1.82) is 0 Å². The topological polar surface area (TPSA) is 273 Å². The second-order valence-corrected chi connectivity index (χ2v) is 22.5. The van der Waals surface area contributed by atoms with Crippen LogP contribution in [0, 0.1) is 27.7 Å². The summed E-state index contributed by atoms with van der Waals surface area (Å²) in [4.78, 5) is 83.5. The minimum atomic E-state index is -0.949. The second-order valence-electron chi connectivity index (χ2n) is 22.5. The van der Waals surface area contributed by atoms with E-state index in [1.165, 1.54) is 0 Å². The van der Waals surface area contributed by atoms with Gasteiger partial charge in [0.25, 0.3) is 0 Å². The number of allylic oxidation sites excluding steroid dienone is 8. The zero-order valence-corrected chi connectivity index (χ0v) is 61.6. The Labute approximate surface area is 605 Å². The van der Waals surface area contributed by atoms with Crippen LogP contribution in [-0.4, -0.2) is 202 Å². The molecule has 0 fully saturated rings. The van der Waals surface area contributed by atoms with E-state index in [1.54, 1.807) is 0 Å². The maximum atomic E-state index is 12.1. The monoisotopic (exact) mass is 1230 g/mol. The summed E-state index contributed by atoms with van der Waals surface area (Å²) in [7, 11) is 0. The number of nitrogens with one attached hydrogen (secondary N) is 4. The molecule has 0 aromatic carbocycles. The van der Waals surface area contributed by atoms with Crippen molar-refractivity contribution >= 4 is 243 Å². The molecule has 4 radical (unpaired) electrons. The summed E-state index contributed by atoms with van der Waals surface area (Å²) >= 11 is 0. The molecule has 4 aliphatic rings. The van der Waals surface area contributed by atoms with Gasteiger partial charge in [0, 0.05) is 210 Å². The molecular formula is C68H70N8Na4O9. The van der Waals surface area contributed by atoms with E-state index in [-0.39, 0.29) is 170 Å². The molecular weight excluding hydrogens is 1160 g/mol. The SMILES string of the molecule is C=Cc1c(C)c2cc3nc(cc4nc(cc5[nH]c(cc1[nH]2)c(C)c5C(C)OC(C)c1c(C)c2cc5[nH]c(cc6nc(cc7nc(cc1[nH]2)C(C)=C7CCC(=O)O)C(CCC(=O)O)=C6C)c(C)c5C=C)C(C)=C4CCC(=O)O)C(CCC(=O)O)=C3C.[Na].[Na].[Na].[Na]. The number of fused-ring (bicyclic) bond motifs is 16. The largest absolute Gasteiger partial charge is 0.481 e. The van der Waals surface area contributed by atoms with Gasteiger partial charge in [-0.25, -0.2) is 19.9 Å². The van der Waals surface area contributed by atoms with E-state index >= 15 is 0 Å². The van der Waals surface area contributed by atoms with Crippen molar-refractivity contribution in [2.75, 3.05) is 0 Å². The van der Waals surface area contributed by atoms with Gasteiger partial charge in [-0.15, -0.1) is 0 Å². The molecule has 17 nitrogen and oxygen atoms in total. The molecule has 0 saturated carbocycles. The first-order chi connectivity index (χ1) is 40.4. The Bertz CT molecular complexity index is 4160. The summed E-state index contributed by atoms with van der Waals surface area (Å²) in [5.41, 5.74) is 24.7. The number of carboxylic acid groups (broad SMARTS) is 4. The van der Waals surface area contributed by atoms with Gasteiger partial charge in [-0.1, -0.05) is 25.3 Å². The van der Waals surface area contributed by atoms with Crippen LogP contribution in [0.15, 0.2) is 61.7 Å². The Hall–Kier alpha value is -5.48. The molecule has 0 aliphatic carbocycles. The Balaban J connectivity index is 0.00000316. The van der Waals surface area contributed by atoms with Crippen LogP contribution in [0.25, 0.3) is 101 Å². The van der Waals surface area contributed by atoms with E-state index in [0.29, 0.717) is 45.6 Å². The van der Waals surface area contributed by atoms with Crippen LogP contribution in [-0.2, 0) is 23.9 Å². The van der Waals surface area contributed by atoms with Crippen molar-refractivity contribution < 1.29 is 44.3 Å². The smallest absolute Gasteiger partial charge is 0.303 e. The third-order valence-electron chi connectivity index (χ3n) is 17.3. The molecule has 0 spiro atoms. The molecule has 4 aliphatic heterocycles. The van der Waals surface area contributed by atoms with Crippen molar-refractivity contribution in [1.82, 2.24) is 39.9 Å². The molecule has 0 saturated heterocycles. The number of H-pyrrole nitrogens is 4. The van der Waals surface area contributed by atoms with Crippen LogP contribution in [0.4, 0.5) is 0 Å². The molecule has 10 rings (SSSR count). The van der Waals surface area contributed by atoms with Crippen LogP contribution >= 0.6 is 0 Å². The van der Waals surface area contributed by atoms with Crippen molar-refractivity contribution in [3.05, 3.63) is 152 Å². The molecule has 21 heteroatoms. The van der Waals surface area contributed by atoms with Crippen molar-refractivity contribution in [3.8, 4) is 0 Å². The first-order valence-electron chi connectivity index (χ1n) is 28.5. The van der Waals surface area contributed by atoms with Crippen molar-refractivity contribution in [2.24, 2.45) is 0 Å². The van der Waals surface area contributed by atoms with E-state index in [4.69, 9.17) is 24.7 Å². The number of carboxylic acids is 4. The normalized spacial score (nSPS) is 13.5. The third-order valence-corrected chi connectivity index (χ3v) is 17.3. The number of nitrogens with zero attached hydrogens (tertiary/aromatic N) is 4. The van der Waals surface area contributed by atoms with E-state index in [9.17, 15) is 39.6 Å². The van der Waals surface area contributed by atoms with Gasteiger partial charge in [-0.2, -0.15) is 0 Å². The molecule has 2 atom stereocenters. The van der Waals surface area contributed by atoms with Crippen LogP contribution < -0.4 is 0 Å². The number of hydrogen-bond donors (Lipinski definition) is 8. The minimum absolute atomic E-state index is 0. The molecule has 8 N–H and O–H groups in total.